The van der Waals surface area contributed by atoms with Gasteiger partial charge in [-0.1, -0.05) is 18.2 Å². The third-order valence-corrected chi connectivity index (χ3v) is 7.01. The zero-order valence-corrected chi connectivity index (χ0v) is 15.9. The molecule has 0 spiro atoms. The van der Waals surface area contributed by atoms with Crippen molar-refractivity contribution in [3.8, 4) is 11.5 Å². The highest BCUT2D eigenvalue weighted by Gasteiger charge is 2.18. The van der Waals surface area contributed by atoms with E-state index >= 15 is 0 Å². The van der Waals surface area contributed by atoms with E-state index < -0.39 is 0 Å². The van der Waals surface area contributed by atoms with Crippen LogP contribution in [0.4, 0.5) is 5.69 Å². The maximum atomic E-state index is 12.4. The maximum absolute atomic E-state index is 12.4. The summed E-state index contributed by atoms with van der Waals surface area (Å²) in [6.07, 6.45) is 0.254. The first-order chi connectivity index (χ1) is 12.2. The number of carbonyl (C=O) groups excluding carboxylic acids is 1. The largest absolute Gasteiger partial charge is 0.497 e. The minimum atomic E-state index is -0.0626. The molecule has 0 saturated carbocycles. The van der Waals surface area contributed by atoms with Gasteiger partial charge in [0.2, 0.25) is 5.91 Å². The number of nitrogens with one attached hydrogen (secondary N) is 1. The van der Waals surface area contributed by atoms with Crippen molar-refractivity contribution in [1.29, 1.82) is 0 Å². The second kappa shape index (κ2) is 8.54. The van der Waals surface area contributed by atoms with E-state index in [9.17, 15) is 4.79 Å². The van der Waals surface area contributed by atoms with E-state index in [1.165, 1.54) is 17.1 Å². The fourth-order valence-electron chi connectivity index (χ4n) is 2.69. The first-order valence-electron chi connectivity index (χ1n) is 8.03. The molecule has 1 aliphatic rings. The van der Waals surface area contributed by atoms with Gasteiger partial charge in [0.15, 0.2) is 0 Å². The van der Waals surface area contributed by atoms with Crippen molar-refractivity contribution in [2.24, 2.45) is 0 Å². The Hall–Kier alpha value is -1.79. The first kappa shape index (κ1) is 18.0. The second-order valence-electron chi connectivity index (χ2n) is 5.60. The summed E-state index contributed by atoms with van der Waals surface area (Å²) in [5, 5.41) is 2.99. The quantitative estimate of drug-likeness (QED) is 0.813. The fraction of sp³-hybridized carbons (Fsp3) is 0.316. The van der Waals surface area contributed by atoms with Gasteiger partial charge in [-0.05, 0) is 23.8 Å². The van der Waals surface area contributed by atoms with Crippen molar-refractivity contribution in [3.05, 3.63) is 53.6 Å². The average molecular weight is 376 g/mol. The van der Waals surface area contributed by atoms with Crippen LogP contribution >= 0.6 is 23.5 Å². The van der Waals surface area contributed by atoms with Crippen molar-refractivity contribution in [2.45, 2.75) is 11.0 Å². The van der Waals surface area contributed by atoms with E-state index in [0.29, 0.717) is 16.1 Å². The zero-order chi connectivity index (χ0) is 17.6. The third-order valence-electron chi connectivity index (χ3n) is 3.91. The summed E-state index contributed by atoms with van der Waals surface area (Å²) in [4.78, 5) is 12.4. The molecule has 0 bridgehead atoms. The highest BCUT2D eigenvalue weighted by atomic mass is 32.2. The van der Waals surface area contributed by atoms with Crippen LogP contribution in [0.25, 0.3) is 0 Å². The van der Waals surface area contributed by atoms with Crippen LogP contribution in [0.2, 0.25) is 0 Å². The van der Waals surface area contributed by atoms with E-state index in [2.05, 4.69) is 17.4 Å². The normalized spacial score (nSPS) is 14.3. The molecule has 4 nitrogen and oxygen atoms in total. The summed E-state index contributed by atoms with van der Waals surface area (Å²) in [6, 6.07) is 13.6. The van der Waals surface area contributed by atoms with E-state index in [4.69, 9.17) is 9.47 Å². The van der Waals surface area contributed by atoms with E-state index in [1.807, 2.05) is 47.8 Å². The van der Waals surface area contributed by atoms with Gasteiger partial charge in [0.05, 0.1) is 25.2 Å². The summed E-state index contributed by atoms with van der Waals surface area (Å²) in [5.74, 6) is 3.67. The minimum absolute atomic E-state index is 0.0626. The number of hydrogen-bond donors (Lipinski definition) is 1. The number of methoxy groups -OCH3 is 2. The van der Waals surface area contributed by atoms with Gasteiger partial charge < -0.3 is 14.8 Å². The van der Waals surface area contributed by atoms with Crippen molar-refractivity contribution in [3.63, 3.8) is 0 Å². The van der Waals surface area contributed by atoms with Gasteiger partial charge in [-0.2, -0.15) is 0 Å². The predicted molar refractivity (Wildman–Crippen MR) is 106 cm³/mol. The molecule has 0 unspecified atom stereocenters. The predicted octanol–water partition coefficient (Wildman–Crippen LogP) is 4.36. The van der Waals surface area contributed by atoms with Crippen molar-refractivity contribution in [1.82, 2.24) is 0 Å². The lowest BCUT2D eigenvalue weighted by molar-refractivity contribution is -0.115. The number of ether oxygens (including phenoxy) is 2. The van der Waals surface area contributed by atoms with Crippen molar-refractivity contribution >= 4 is 35.1 Å². The van der Waals surface area contributed by atoms with Crippen LogP contribution in [-0.4, -0.2) is 31.6 Å². The Morgan fingerprint density at radius 3 is 2.64 bits per heavy atom. The maximum Gasteiger partial charge on any atom is 0.228 e. The van der Waals surface area contributed by atoms with Crippen molar-refractivity contribution < 1.29 is 14.3 Å². The lowest BCUT2D eigenvalue weighted by atomic mass is 10.1. The summed E-state index contributed by atoms with van der Waals surface area (Å²) >= 11 is 3.91. The summed E-state index contributed by atoms with van der Waals surface area (Å²) in [7, 11) is 3.20. The number of thioether (sulfide) groups is 2. The van der Waals surface area contributed by atoms with E-state index in [0.717, 1.165) is 11.3 Å². The Labute approximate surface area is 156 Å². The van der Waals surface area contributed by atoms with Crippen LogP contribution in [-0.2, 0) is 11.2 Å². The van der Waals surface area contributed by atoms with E-state index in [1.54, 1.807) is 20.3 Å². The fourth-order valence-corrected chi connectivity index (χ4v) is 5.53. The SMILES string of the molecule is COc1ccc(CC(=O)Nc2cccc(C3SCCS3)c2)c(OC)c1. The molecule has 0 aliphatic carbocycles. The molecule has 0 radical (unpaired) electrons. The molecule has 25 heavy (non-hydrogen) atoms. The lowest BCUT2D eigenvalue weighted by Crippen LogP contribution is -2.15. The molecule has 1 N–H and O–H groups in total. The van der Waals surface area contributed by atoms with Gasteiger partial charge in [-0.3, -0.25) is 4.79 Å². The molecule has 2 aromatic rings. The topological polar surface area (TPSA) is 47.6 Å². The Kier molecular flexibility index (Phi) is 6.15. The Morgan fingerprint density at radius 1 is 1.12 bits per heavy atom. The van der Waals surface area contributed by atoms with Gasteiger partial charge >= 0.3 is 0 Å². The molecule has 3 rings (SSSR count). The molecule has 6 heteroatoms. The molecule has 1 aliphatic heterocycles. The van der Waals surface area contributed by atoms with Gasteiger partial charge in [0, 0.05) is 28.8 Å². The van der Waals surface area contributed by atoms with Gasteiger partial charge in [-0.15, -0.1) is 23.5 Å². The molecule has 1 heterocycles. The molecule has 0 atom stereocenters. The molecule has 1 fully saturated rings. The number of rotatable bonds is 6. The molecule has 1 amide bonds. The number of amides is 1. The van der Waals surface area contributed by atoms with Crippen molar-refractivity contribution in [2.75, 3.05) is 31.0 Å². The standard InChI is InChI=1S/C19H21NO3S2/c1-22-16-7-6-13(17(12-16)23-2)11-18(21)20-15-5-3-4-14(10-15)19-24-8-9-25-19/h3-7,10,12,19H,8-9,11H2,1-2H3,(H,20,21). The second-order valence-corrected chi connectivity index (χ2v) is 8.33. The van der Waals surface area contributed by atoms with E-state index in [-0.39, 0.29) is 12.3 Å². The monoisotopic (exact) mass is 375 g/mol. The molecule has 1 saturated heterocycles. The van der Waals surface area contributed by atoms with Crippen LogP contribution in [0, 0.1) is 0 Å². The van der Waals surface area contributed by atoms with Gasteiger partial charge in [0.1, 0.15) is 11.5 Å². The first-order valence-corrected chi connectivity index (χ1v) is 10.1. The highest BCUT2D eigenvalue weighted by molar-refractivity contribution is 8.19. The number of hydrogen-bond acceptors (Lipinski definition) is 5. The average Bonchev–Trinajstić information content (AvgIpc) is 3.17. The lowest BCUT2D eigenvalue weighted by Gasteiger charge is -2.12. The summed E-state index contributed by atoms with van der Waals surface area (Å²) in [5.41, 5.74) is 2.93. The van der Waals surface area contributed by atoms with Crippen LogP contribution < -0.4 is 14.8 Å². The Balaban J connectivity index is 1.67. The van der Waals surface area contributed by atoms with Crippen LogP contribution in [0.3, 0.4) is 0 Å². The number of benzene rings is 2. The molecular weight excluding hydrogens is 354 g/mol. The minimum Gasteiger partial charge on any atom is -0.497 e. The Bertz CT molecular complexity index is 745. The third kappa shape index (κ3) is 4.64. The summed E-state index contributed by atoms with van der Waals surface area (Å²) in [6.45, 7) is 0. The summed E-state index contributed by atoms with van der Waals surface area (Å²) < 4.78 is 11.0. The zero-order valence-electron chi connectivity index (χ0n) is 14.3. The molecule has 132 valence electrons. The van der Waals surface area contributed by atoms with Gasteiger partial charge in [-0.25, -0.2) is 0 Å². The van der Waals surface area contributed by atoms with Gasteiger partial charge in [0.25, 0.3) is 0 Å². The van der Waals surface area contributed by atoms with Crippen LogP contribution in [0.5, 0.6) is 11.5 Å². The van der Waals surface area contributed by atoms with Crippen LogP contribution in [0.1, 0.15) is 15.7 Å². The smallest absolute Gasteiger partial charge is 0.228 e. The molecule has 2 aromatic carbocycles. The number of carbonyl (C=O) groups is 1. The Morgan fingerprint density at radius 2 is 1.92 bits per heavy atom. The van der Waals surface area contributed by atoms with Crippen LogP contribution in [0.15, 0.2) is 42.5 Å². The highest BCUT2D eigenvalue weighted by Crippen LogP contribution is 2.45. The molecular formula is C19H21NO3S2. The molecule has 0 aromatic heterocycles. The number of anilines is 1.